The highest BCUT2D eigenvalue weighted by Crippen LogP contribution is 2.50. The fourth-order valence-electron chi connectivity index (χ4n) is 4.09. The van der Waals surface area contributed by atoms with Gasteiger partial charge in [-0.1, -0.05) is 35.7 Å². The van der Waals surface area contributed by atoms with Crippen LogP contribution in [0.15, 0.2) is 28.6 Å². The van der Waals surface area contributed by atoms with Gasteiger partial charge in [0.15, 0.2) is 4.80 Å². The normalized spacial score (nSPS) is 21.6. The van der Waals surface area contributed by atoms with Gasteiger partial charge in [-0.3, -0.25) is 4.99 Å². The van der Waals surface area contributed by atoms with Crippen molar-refractivity contribution in [3.63, 3.8) is 0 Å². The molecule has 2 aromatic rings. The summed E-state index contributed by atoms with van der Waals surface area (Å²) in [5, 5.41) is 3.68. The molecule has 1 aromatic carbocycles. The van der Waals surface area contributed by atoms with Gasteiger partial charge in [0.2, 0.25) is 0 Å². The molecule has 6 heteroatoms. The number of nitrogens with zero attached hydrogens (tertiary/aromatic N) is 2. The molecule has 27 heavy (non-hydrogen) atoms. The second-order valence-corrected chi connectivity index (χ2v) is 9.96. The molecule has 0 amide bonds. The Balaban J connectivity index is 0.00000180. The van der Waals surface area contributed by atoms with Crippen LogP contribution >= 0.6 is 51.5 Å². The van der Waals surface area contributed by atoms with Gasteiger partial charge >= 0.3 is 0 Å². The van der Waals surface area contributed by atoms with Crippen LogP contribution < -0.4 is 4.80 Å². The Labute approximate surface area is 185 Å². The monoisotopic (exact) mass is 486 g/mol. The Kier molecular flexibility index (Phi) is 5.82. The number of aromatic nitrogens is 1. The molecule has 1 aromatic heterocycles. The van der Waals surface area contributed by atoms with Crippen LogP contribution in [-0.4, -0.2) is 11.1 Å². The van der Waals surface area contributed by atoms with E-state index in [0.717, 1.165) is 24.9 Å². The fraction of sp³-hybridized carbons (Fsp3) is 0.571. The molecule has 146 valence electrons. The average Bonchev–Trinajstić information content (AvgIpc) is 3.50. The van der Waals surface area contributed by atoms with Crippen molar-refractivity contribution in [3.8, 4) is 0 Å². The number of hydrogen-bond acceptors (Lipinski definition) is 2. The molecule has 0 aliphatic heterocycles. The second-order valence-electron chi connectivity index (χ2n) is 8.31. The van der Waals surface area contributed by atoms with Gasteiger partial charge < -0.3 is 4.57 Å². The van der Waals surface area contributed by atoms with E-state index >= 15 is 0 Å². The molecule has 0 unspecified atom stereocenters. The highest BCUT2D eigenvalue weighted by atomic mass is 79.9. The van der Waals surface area contributed by atoms with Gasteiger partial charge in [0.05, 0.1) is 10.0 Å². The van der Waals surface area contributed by atoms with Crippen LogP contribution in [0.2, 0.25) is 10.0 Å². The first kappa shape index (κ1) is 20.0. The van der Waals surface area contributed by atoms with Gasteiger partial charge in [0, 0.05) is 29.6 Å². The lowest BCUT2D eigenvalue weighted by Gasteiger charge is -2.43. The zero-order chi connectivity index (χ0) is 17.7. The minimum absolute atomic E-state index is 0. The van der Waals surface area contributed by atoms with Crippen molar-refractivity contribution < 1.29 is 0 Å². The van der Waals surface area contributed by atoms with E-state index in [0.29, 0.717) is 10.0 Å². The molecule has 0 N–H and O–H groups in total. The topological polar surface area (TPSA) is 17.3 Å². The molecule has 3 saturated carbocycles. The van der Waals surface area contributed by atoms with Crippen molar-refractivity contribution in [2.45, 2.75) is 56.9 Å². The summed E-state index contributed by atoms with van der Waals surface area (Å²) >= 11 is 14.4. The summed E-state index contributed by atoms with van der Waals surface area (Å²) in [4.78, 5) is 6.23. The van der Waals surface area contributed by atoms with Crippen LogP contribution in [0.3, 0.4) is 0 Å². The largest absolute Gasteiger partial charge is 0.320 e. The summed E-state index contributed by atoms with van der Waals surface area (Å²) in [5.41, 5.74) is 2.86. The zero-order valence-electron chi connectivity index (χ0n) is 15.3. The van der Waals surface area contributed by atoms with E-state index in [4.69, 9.17) is 28.2 Å². The Hall–Kier alpha value is -0.290. The van der Waals surface area contributed by atoms with Crippen molar-refractivity contribution in [1.29, 1.82) is 0 Å². The van der Waals surface area contributed by atoms with E-state index in [1.54, 1.807) is 0 Å². The molecule has 3 aliphatic carbocycles. The smallest absolute Gasteiger partial charge is 0.184 e. The van der Waals surface area contributed by atoms with Crippen LogP contribution in [0.25, 0.3) is 0 Å². The Morgan fingerprint density at radius 3 is 2.41 bits per heavy atom. The van der Waals surface area contributed by atoms with Crippen LogP contribution in [-0.2, 0) is 12.0 Å². The van der Waals surface area contributed by atoms with E-state index in [-0.39, 0.29) is 22.4 Å². The summed E-state index contributed by atoms with van der Waals surface area (Å²) in [6.45, 7) is 2.13. The lowest BCUT2D eigenvalue weighted by Crippen LogP contribution is -2.39. The summed E-state index contributed by atoms with van der Waals surface area (Å²) in [6, 6.07) is 6.21. The van der Waals surface area contributed by atoms with Gasteiger partial charge in [-0.15, -0.1) is 28.3 Å². The van der Waals surface area contributed by atoms with Crippen molar-refractivity contribution in [2.24, 2.45) is 16.8 Å². The maximum Gasteiger partial charge on any atom is 0.184 e. The van der Waals surface area contributed by atoms with E-state index in [2.05, 4.69) is 22.1 Å². The van der Waals surface area contributed by atoms with E-state index in [1.165, 1.54) is 61.0 Å². The number of benzene rings is 1. The molecule has 0 radical (unpaired) electrons. The maximum atomic E-state index is 6.36. The summed E-state index contributed by atoms with van der Waals surface area (Å²) in [5.74, 6) is 1.68. The molecule has 0 spiro atoms. The average molecular weight is 488 g/mol. The SMILES string of the molecule is Br.Clc1ccc(C2(c3cs/c(=N\CC4CC4)n3CC3CC3)CCC2)cc1Cl. The second kappa shape index (κ2) is 7.85. The van der Waals surface area contributed by atoms with Gasteiger partial charge in [-0.05, 0) is 68.1 Å². The number of halogens is 3. The minimum Gasteiger partial charge on any atom is -0.320 e. The van der Waals surface area contributed by atoms with Crippen molar-refractivity contribution >= 4 is 51.5 Å². The quantitative estimate of drug-likeness (QED) is 0.435. The first-order valence-corrected chi connectivity index (χ1v) is 11.4. The molecule has 0 atom stereocenters. The van der Waals surface area contributed by atoms with Crippen molar-refractivity contribution in [2.75, 3.05) is 6.54 Å². The van der Waals surface area contributed by atoms with Gasteiger partial charge in [-0.2, -0.15) is 0 Å². The molecule has 1 heterocycles. The number of rotatable bonds is 6. The number of hydrogen-bond donors (Lipinski definition) is 0. The summed E-state index contributed by atoms with van der Waals surface area (Å²) < 4.78 is 2.55. The first-order valence-electron chi connectivity index (χ1n) is 9.80. The zero-order valence-corrected chi connectivity index (χ0v) is 19.3. The standard InChI is InChI=1S/C21H24Cl2N2S.BrH/c22-17-7-6-16(10-18(17)23)21(8-1-9-21)19-13-26-20(24-11-14-2-3-14)25(19)12-15-4-5-15;/h6-7,10,13-15H,1-5,8-9,11-12H2;1H/b24-20-;. The highest BCUT2D eigenvalue weighted by Gasteiger charge is 2.43. The third kappa shape index (κ3) is 3.92. The van der Waals surface area contributed by atoms with Crippen LogP contribution in [0, 0.1) is 11.8 Å². The van der Waals surface area contributed by atoms with Crippen LogP contribution in [0.1, 0.15) is 56.2 Å². The predicted octanol–water partition coefficient (Wildman–Crippen LogP) is 6.63. The fourth-order valence-corrected chi connectivity index (χ4v) is 5.41. The molecule has 0 saturated heterocycles. The molecule has 3 fully saturated rings. The van der Waals surface area contributed by atoms with Gasteiger partial charge in [-0.25, -0.2) is 0 Å². The molecular weight excluding hydrogens is 463 g/mol. The van der Waals surface area contributed by atoms with E-state index in [1.807, 2.05) is 17.4 Å². The minimum atomic E-state index is 0. The van der Waals surface area contributed by atoms with Crippen LogP contribution in [0.5, 0.6) is 0 Å². The van der Waals surface area contributed by atoms with Crippen LogP contribution in [0.4, 0.5) is 0 Å². The molecule has 2 nitrogen and oxygen atoms in total. The molecular formula is C21H25BrCl2N2S. The third-order valence-electron chi connectivity index (χ3n) is 6.29. The van der Waals surface area contributed by atoms with Gasteiger partial charge in [0.25, 0.3) is 0 Å². The third-order valence-corrected chi connectivity index (χ3v) is 7.93. The maximum absolute atomic E-state index is 6.36. The summed E-state index contributed by atoms with van der Waals surface area (Å²) in [7, 11) is 0. The molecule has 3 aliphatic rings. The van der Waals surface area contributed by atoms with Gasteiger partial charge in [0.1, 0.15) is 0 Å². The number of thiazole rings is 1. The first-order chi connectivity index (χ1) is 12.7. The van der Waals surface area contributed by atoms with Crippen molar-refractivity contribution in [3.05, 3.63) is 49.7 Å². The Morgan fingerprint density at radius 1 is 1.07 bits per heavy atom. The lowest BCUT2D eigenvalue weighted by atomic mass is 9.62. The van der Waals surface area contributed by atoms with E-state index < -0.39 is 0 Å². The molecule has 0 bridgehead atoms. The Bertz CT molecular complexity index is 892. The molecule has 5 rings (SSSR count). The van der Waals surface area contributed by atoms with E-state index in [9.17, 15) is 0 Å². The highest BCUT2D eigenvalue weighted by molar-refractivity contribution is 8.93. The Morgan fingerprint density at radius 2 is 1.81 bits per heavy atom. The summed E-state index contributed by atoms with van der Waals surface area (Å²) in [6.07, 6.45) is 9.10. The van der Waals surface area contributed by atoms with Crippen molar-refractivity contribution in [1.82, 2.24) is 4.57 Å². The predicted molar refractivity (Wildman–Crippen MR) is 120 cm³/mol. The lowest BCUT2D eigenvalue weighted by molar-refractivity contribution is 0.281.